The molecule has 1 aliphatic heterocycles. The molecule has 0 radical (unpaired) electrons. The first-order valence-electron chi connectivity index (χ1n) is 13.3. The van der Waals surface area contributed by atoms with Gasteiger partial charge in [0.15, 0.2) is 11.6 Å². The van der Waals surface area contributed by atoms with Crippen LogP contribution in [0.15, 0.2) is 54.6 Å². The minimum Gasteiger partial charge on any atom is -0.478 e. The minimum absolute atomic E-state index is 0.243. The minimum atomic E-state index is -0.970. The number of rotatable bonds is 8. The predicted octanol–water partition coefficient (Wildman–Crippen LogP) is 7.10. The third kappa shape index (κ3) is 5.28. The van der Waals surface area contributed by atoms with Crippen LogP contribution in [0.4, 0.5) is 13.2 Å². The maximum atomic E-state index is 14.6. The second-order valence-electron chi connectivity index (χ2n) is 10.5. The van der Waals surface area contributed by atoms with Gasteiger partial charge < -0.3 is 10.0 Å². The summed E-state index contributed by atoms with van der Waals surface area (Å²) in [5.74, 6) is -2.11. The number of carboxylic acids is 1. The van der Waals surface area contributed by atoms with Gasteiger partial charge in [-0.2, -0.15) is 0 Å². The van der Waals surface area contributed by atoms with Crippen molar-refractivity contribution in [3.05, 3.63) is 105 Å². The molecule has 0 saturated carbocycles. The molecule has 1 saturated heterocycles. The lowest BCUT2D eigenvalue weighted by atomic mass is 9.85. The third-order valence-electron chi connectivity index (χ3n) is 7.87. The highest BCUT2D eigenvalue weighted by molar-refractivity contribution is 6.01. The quantitative estimate of drug-likeness (QED) is 0.345. The molecule has 3 aromatic carbocycles. The number of nitrogens with zero attached hydrogens (tertiary/aromatic N) is 1. The molecule has 1 heterocycles. The van der Waals surface area contributed by atoms with E-state index in [1.807, 2.05) is 6.07 Å². The fourth-order valence-corrected chi connectivity index (χ4v) is 5.91. The molecule has 3 nitrogen and oxygen atoms in total. The first-order valence-corrected chi connectivity index (χ1v) is 13.3. The molecule has 38 heavy (non-hydrogen) atoms. The molecular weight excluding hydrogens is 487 g/mol. The number of fused-ring (bicyclic) bond motifs is 1. The van der Waals surface area contributed by atoms with Crippen LogP contribution in [0.1, 0.15) is 63.0 Å². The monoisotopic (exact) mass is 519 g/mol. The third-order valence-corrected chi connectivity index (χ3v) is 7.87. The number of allylic oxidation sites excluding steroid dienone is 1. The Hall–Kier alpha value is -3.38. The van der Waals surface area contributed by atoms with Crippen LogP contribution in [-0.4, -0.2) is 42.3 Å². The number of halogens is 3. The fourth-order valence-electron chi connectivity index (χ4n) is 5.91. The summed E-state index contributed by atoms with van der Waals surface area (Å²) in [5.41, 5.74) is 7.16. The lowest BCUT2D eigenvalue weighted by Gasteiger charge is -2.39. The van der Waals surface area contributed by atoms with Gasteiger partial charge in [-0.1, -0.05) is 36.4 Å². The molecule has 0 amide bonds. The van der Waals surface area contributed by atoms with Crippen LogP contribution < -0.4 is 0 Å². The van der Waals surface area contributed by atoms with E-state index in [9.17, 15) is 23.1 Å². The number of carboxylic acid groups (broad SMARTS) is 1. The molecule has 0 unspecified atom stereocenters. The lowest BCUT2D eigenvalue weighted by Crippen LogP contribution is -2.47. The average Bonchev–Trinajstić information content (AvgIpc) is 3.08. The van der Waals surface area contributed by atoms with E-state index >= 15 is 0 Å². The number of hydrogen-bond acceptors (Lipinski definition) is 2. The predicted molar refractivity (Wildman–Crippen MR) is 144 cm³/mol. The van der Waals surface area contributed by atoms with Crippen LogP contribution >= 0.6 is 0 Å². The summed E-state index contributed by atoms with van der Waals surface area (Å²) in [4.78, 5) is 13.9. The van der Waals surface area contributed by atoms with E-state index in [1.165, 1.54) is 11.6 Å². The molecule has 6 heteroatoms. The maximum absolute atomic E-state index is 14.6. The van der Waals surface area contributed by atoms with Crippen LogP contribution in [0.2, 0.25) is 0 Å². The van der Waals surface area contributed by atoms with Crippen molar-refractivity contribution >= 4 is 17.1 Å². The highest BCUT2D eigenvalue weighted by Gasteiger charge is 2.27. The summed E-state index contributed by atoms with van der Waals surface area (Å²) in [6, 6.07) is 16.4. The number of likely N-dealkylation sites (tertiary alicyclic amines) is 1. The van der Waals surface area contributed by atoms with Crippen molar-refractivity contribution in [2.45, 2.75) is 39.0 Å². The molecule has 1 N–H and O–H groups in total. The van der Waals surface area contributed by atoms with E-state index in [2.05, 4.69) is 29.2 Å². The second kappa shape index (κ2) is 11.2. The molecule has 0 atom stereocenters. The molecule has 5 rings (SSSR count). The van der Waals surface area contributed by atoms with Gasteiger partial charge in [0.2, 0.25) is 0 Å². The van der Waals surface area contributed by atoms with E-state index in [0.29, 0.717) is 30.7 Å². The molecule has 2 aliphatic rings. The molecule has 1 aliphatic carbocycles. The smallest absolute Gasteiger partial charge is 0.335 e. The second-order valence-corrected chi connectivity index (χ2v) is 10.5. The van der Waals surface area contributed by atoms with Crippen molar-refractivity contribution < 1.29 is 23.1 Å². The number of alkyl halides is 1. The maximum Gasteiger partial charge on any atom is 0.335 e. The molecule has 198 valence electrons. The molecular formula is C32H32F3NO2. The number of aromatic carboxylic acids is 1. The zero-order valence-corrected chi connectivity index (χ0v) is 21.6. The fraction of sp³-hybridized carbons (Fsp3) is 0.344. The summed E-state index contributed by atoms with van der Waals surface area (Å²) in [5, 5.41) is 9.54. The summed E-state index contributed by atoms with van der Waals surface area (Å²) >= 11 is 0. The van der Waals surface area contributed by atoms with Crippen molar-refractivity contribution in [2.75, 3.05) is 26.3 Å². The normalized spacial score (nSPS) is 16.2. The molecule has 1 fully saturated rings. The zero-order chi connectivity index (χ0) is 26.8. The molecule has 0 aromatic heterocycles. The van der Waals surface area contributed by atoms with Crippen molar-refractivity contribution in [2.24, 2.45) is 5.92 Å². The van der Waals surface area contributed by atoms with E-state index in [-0.39, 0.29) is 17.8 Å². The standard InChI is InChI=1S/C32H32F3NO2/c1-20-26(12-13-29(34)31(20)35)28-5-2-4-24-17-25(32(37)38)10-11-27(24)30(28)23-8-6-21(7-9-23)16-22-18-36(19-22)15-3-14-33/h6-13,17,22H,2-5,14-16,18-19H2,1H3,(H,37,38). The summed E-state index contributed by atoms with van der Waals surface area (Å²) in [6.07, 6.45) is 3.68. The largest absolute Gasteiger partial charge is 0.478 e. The Kier molecular flexibility index (Phi) is 7.70. The molecule has 0 bridgehead atoms. The Morgan fingerprint density at radius 3 is 2.45 bits per heavy atom. The van der Waals surface area contributed by atoms with Gasteiger partial charge in [-0.25, -0.2) is 13.6 Å². The number of aryl methyl sites for hydroxylation is 1. The van der Waals surface area contributed by atoms with Crippen LogP contribution in [0.3, 0.4) is 0 Å². The van der Waals surface area contributed by atoms with E-state index in [1.54, 1.807) is 25.1 Å². The van der Waals surface area contributed by atoms with Gasteiger partial charge in [0.1, 0.15) is 0 Å². The van der Waals surface area contributed by atoms with Crippen LogP contribution in [-0.2, 0) is 12.8 Å². The Morgan fingerprint density at radius 2 is 1.74 bits per heavy atom. The van der Waals surface area contributed by atoms with Gasteiger partial charge in [0.25, 0.3) is 0 Å². The van der Waals surface area contributed by atoms with Crippen molar-refractivity contribution in [1.29, 1.82) is 0 Å². The molecule has 0 spiro atoms. The Labute approximate surface area is 221 Å². The van der Waals surface area contributed by atoms with Gasteiger partial charge in [-0.3, -0.25) is 4.39 Å². The van der Waals surface area contributed by atoms with Crippen LogP contribution in [0, 0.1) is 24.5 Å². The van der Waals surface area contributed by atoms with Gasteiger partial charge in [0, 0.05) is 19.6 Å². The number of benzene rings is 3. The van der Waals surface area contributed by atoms with Crippen LogP contribution in [0.25, 0.3) is 11.1 Å². The van der Waals surface area contributed by atoms with Gasteiger partial charge in [0.05, 0.1) is 12.2 Å². The van der Waals surface area contributed by atoms with Crippen molar-refractivity contribution in [1.82, 2.24) is 4.90 Å². The van der Waals surface area contributed by atoms with E-state index in [4.69, 9.17) is 0 Å². The van der Waals surface area contributed by atoms with Gasteiger partial charge in [-0.15, -0.1) is 0 Å². The van der Waals surface area contributed by atoms with Crippen molar-refractivity contribution in [3.63, 3.8) is 0 Å². The first-order chi connectivity index (χ1) is 18.4. The lowest BCUT2D eigenvalue weighted by molar-refractivity contribution is 0.0696. The highest BCUT2D eigenvalue weighted by atomic mass is 19.2. The van der Waals surface area contributed by atoms with E-state index < -0.39 is 17.6 Å². The van der Waals surface area contributed by atoms with Gasteiger partial charge in [-0.05, 0) is 108 Å². The van der Waals surface area contributed by atoms with Crippen molar-refractivity contribution in [3.8, 4) is 0 Å². The summed E-state index contributed by atoms with van der Waals surface area (Å²) < 4.78 is 41.1. The van der Waals surface area contributed by atoms with E-state index in [0.717, 1.165) is 60.3 Å². The summed E-state index contributed by atoms with van der Waals surface area (Å²) in [7, 11) is 0. The zero-order valence-electron chi connectivity index (χ0n) is 21.6. The first kappa shape index (κ1) is 26.2. The SMILES string of the molecule is Cc1c(C2=C(c3ccc(CC4CN(CCCF)C4)cc3)c3ccc(C(=O)O)cc3CCC2)ccc(F)c1F. The average molecular weight is 520 g/mol. The number of carbonyl (C=O) groups is 1. The van der Waals surface area contributed by atoms with Gasteiger partial charge >= 0.3 is 5.97 Å². The Morgan fingerprint density at radius 1 is 1.00 bits per heavy atom. The van der Waals surface area contributed by atoms with Crippen LogP contribution in [0.5, 0.6) is 0 Å². The molecule has 3 aromatic rings. The summed E-state index contributed by atoms with van der Waals surface area (Å²) in [6.45, 7) is 4.13. The number of hydrogen-bond donors (Lipinski definition) is 1. The Bertz CT molecular complexity index is 1370. The highest BCUT2D eigenvalue weighted by Crippen LogP contribution is 2.41. The topological polar surface area (TPSA) is 40.5 Å². The Balaban J connectivity index is 1.53.